The van der Waals surface area contributed by atoms with Crippen molar-refractivity contribution in [1.82, 2.24) is 9.62 Å². The Labute approximate surface area is 154 Å². The second-order valence-electron chi connectivity index (χ2n) is 6.47. The minimum Gasteiger partial charge on any atom is -0.467 e. The van der Waals surface area contributed by atoms with Crippen molar-refractivity contribution in [1.29, 1.82) is 0 Å². The lowest BCUT2D eigenvalue weighted by atomic mass is 9.97. The number of nitrogens with zero attached hydrogens (tertiary/aromatic N) is 1. The van der Waals surface area contributed by atoms with Crippen LogP contribution in [-0.2, 0) is 27.8 Å². The van der Waals surface area contributed by atoms with Crippen molar-refractivity contribution in [3.05, 3.63) is 54.0 Å². The number of benzene rings is 1. The fraction of sp³-hybridized carbons (Fsp3) is 0.421. The molecule has 0 atom stereocenters. The molecule has 2 aromatic rings. The van der Waals surface area contributed by atoms with Crippen LogP contribution in [0.15, 0.2) is 52.0 Å². The molecule has 1 aromatic carbocycles. The Morgan fingerprint density at radius 3 is 2.46 bits per heavy atom. The summed E-state index contributed by atoms with van der Waals surface area (Å²) in [6.45, 7) is 3.10. The first-order chi connectivity index (χ1) is 12.5. The van der Waals surface area contributed by atoms with Gasteiger partial charge in [0.2, 0.25) is 15.9 Å². The highest BCUT2D eigenvalue weighted by Crippen LogP contribution is 2.24. The molecule has 6 nitrogen and oxygen atoms in total. The molecular weight excluding hydrogens is 352 g/mol. The zero-order valence-electron chi connectivity index (χ0n) is 14.8. The predicted molar refractivity (Wildman–Crippen MR) is 97.9 cm³/mol. The van der Waals surface area contributed by atoms with Gasteiger partial charge in [0.25, 0.3) is 0 Å². The summed E-state index contributed by atoms with van der Waals surface area (Å²) in [4.78, 5) is 12.6. The zero-order chi connectivity index (χ0) is 18.6. The van der Waals surface area contributed by atoms with E-state index in [2.05, 4.69) is 5.32 Å². The van der Waals surface area contributed by atoms with Gasteiger partial charge < -0.3 is 9.73 Å². The highest BCUT2D eigenvalue weighted by atomic mass is 32.2. The molecule has 1 aliphatic rings. The van der Waals surface area contributed by atoms with Crippen LogP contribution in [0.25, 0.3) is 0 Å². The Hall–Kier alpha value is -2.12. The van der Waals surface area contributed by atoms with Crippen molar-refractivity contribution in [2.45, 2.75) is 37.6 Å². The van der Waals surface area contributed by atoms with Gasteiger partial charge in [-0.3, -0.25) is 4.79 Å². The number of amides is 1. The molecule has 0 aliphatic carbocycles. The third-order valence-corrected chi connectivity index (χ3v) is 6.72. The highest BCUT2D eigenvalue weighted by molar-refractivity contribution is 7.89. The van der Waals surface area contributed by atoms with Crippen LogP contribution in [0.5, 0.6) is 0 Å². The second-order valence-corrected chi connectivity index (χ2v) is 8.41. The van der Waals surface area contributed by atoms with Gasteiger partial charge >= 0.3 is 0 Å². The maximum atomic E-state index is 12.8. The van der Waals surface area contributed by atoms with E-state index in [0.717, 1.165) is 12.0 Å². The smallest absolute Gasteiger partial charge is 0.243 e. The number of aryl methyl sites for hydroxylation is 1. The summed E-state index contributed by atoms with van der Waals surface area (Å²) in [5, 5.41) is 2.85. The molecule has 7 heteroatoms. The van der Waals surface area contributed by atoms with Crippen LogP contribution < -0.4 is 5.32 Å². The number of carbonyl (C=O) groups is 1. The molecule has 0 spiro atoms. The summed E-state index contributed by atoms with van der Waals surface area (Å²) in [5.74, 6) is 0.485. The number of furan rings is 1. The molecule has 1 N–H and O–H groups in total. The molecule has 0 radical (unpaired) electrons. The van der Waals surface area contributed by atoms with Crippen LogP contribution in [-0.4, -0.2) is 31.7 Å². The maximum Gasteiger partial charge on any atom is 0.243 e. The normalized spacial score (nSPS) is 16.5. The van der Waals surface area contributed by atoms with E-state index in [1.54, 1.807) is 30.5 Å². The predicted octanol–water partition coefficient (Wildman–Crippen LogP) is 2.56. The first-order valence-electron chi connectivity index (χ1n) is 8.90. The van der Waals surface area contributed by atoms with Gasteiger partial charge in [-0.05, 0) is 49.1 Å². The molecule has 26 heavy (non-hydrogen) atoms. The number of hydrogen-bond donors (Lipinski definition) is 1. The van der Waals surface area contributed by atoms with Crippen LogP contribution >= 0.6 is 0 Å². The third-order valence-electron chi connectivity index (χ3n) is 4.81. The lowest BCUT2D eigenvalue weighted by molar-refractivity contribution is -0.126. The van der Waals surface area contributed by atoms with E-state index in [1.165, 1.54) is 4.31 Å². The molecule has 0 bridgehead atoms. The van der Waals surface area contributed by atoms with Gasteiger partial charge in [-0.15, -0.1) is 0 Å². The first-order valence-corrected chi connectivity index (χ1v) is 10.3. The molecular formula is C19H24N2O4S. The summed E-state index contributed by atoms with van der Waals surface area (Å²) in [5.41, 5.74) is 1.11. The number of piperidine rings is 1. The summed E-state index contributed by atoms with van der Waals surface area (Å²) in [6, 6.07) is 10.6. The van der Waals surface area contributed by atoms with Crippen LogP contribution in [0.1, 0.15) is 31.1 Å². The summed E-state index contributed by atoms with van der Waals surface area (Å²) in [7, 11) is -3.50. The quantitative estimate of drug-likeness (QED) is 0.840. The van der Waals surface area contributed by atoms with Gasteiger partial charge in [0.05, 0.1) is 17.7 Å². The van der Waals surface area contributed by atoms with E-state index in [0.29, 0.717) is 43.1 Å². The Morgan fingerprint density at radius 2 is 1.88 bits per heavy atom. The van der Waals surface area contributed by atoms with Gasteiger partial charge in [-0.2, -0.15) is 4.31 Å². The topological polar surface area (TPSA) is 79.6 Å². The molecule has 1 saturated heterocycles. The molecule has 1 amide bonds. The first kappa shape index (κ1) is 18.7. The monoisotopic (exact) mass is 376 g/mol. The Balaban J connectivity index is 1.55. The highest BCUT2D eigenvalue weighted by Gasteiger charge is 2.32. The molecule has 1 aliphatic heterocycles. The van der Waals surface area contributed by atoms with Gasteiger partial charge in [0, 0.05) is 19.0 Å². The van der Waals surface area contributed by atoms with Crippen LogP contribution in [0.2, 0.25) is 0 Å². The molecule has 0 saturated carbocycles. The lowest BCUT2D eigenvalue weighted by Crippen LogP contribution is -2.42. The van der Waals surface area contributed by atoms with Crippen molar-refractivity contribution in [3.63, 3.8) is 0 Å². The van der Waals surface area contributed by atoms with E-state index in [9.17, 15) is 13.2 Å². The van der Waals surface area contributed by atoms with Crippen molar-refractivity contribution < 1.29 is 17.6 Å². The molecule has 1 aromatic heterocycles. The van der Waals surface area contributed by atoms with E-state index < -0.39 is 10.0 Å². The van der Waals surface area contributed by atoms with Gasteiger partial charge in [0.1, 0.15) is 5.76 Å². The maximum absolute atomic E-state index is 12.8. The third kappa shape index (κ3) is 4.16. The molecule has 140 valence electrons. The molecule has 1 fully saturated rings. The largest absolute Gasteiger partial charge is 0.467 e. The van der Waals surface area contributed by atoms with Gasteiger partial charge in [-0.1, -0.05) is 19.1 Å². The number of nitrogens with one attached hydrogen (secondary N) is 1. The van der Waals surface area contributed by atoms with Crippen LogP contribution in [0.4, 0.5) is 0 Å². The zero-order valence-corrected chi connectivity index (χ0v) is 15.7. The van der Waals surface area contributed by atoms with Crippen LogP contribution in [0, 0.1) is 5.92 Å². The number of rotatable bonds is 6. The standard InChI is InChI=1S/C19H24N2O4S/c1-2-15-5-7-18(8-6-15)26(23,24)21-11-9-16(10-12-21)19(22)20-14-17-4-3-13-25-17/h3-8,13,16H,2,9-12,14H2,1H3,(H,20,22). The number of sulfonamides is 1. The second kappa shape index (κ2) is 8.05. The van der Waals surface area contributed by atoms with Gasteiger partial charge in [0.15, 0.2) is 0 Å². The molecule has 0 unspecified atom stereocenters. The number of hydrogen-bond acceptors (Lipinski definition) is 4. The van der Waals surface area contributed by atoms with Crippen molar-refractivity contribution >= 4 is 15.9 Å². The SMILES string of the molecule is CCc1ccc(S(=O)(=O)N2CCC(C(=O)NCc3ccco3)CC2)cc1. The summed E-state index contributed by atoms with van der Waals surface area (Å²) < 4.78 is 32.2. The van der Waals surface area contributed by atoms with Crippen molar-refractivity contribution in [3.8, 4) is 0 Å². The average molecular weight is 376 g/mol. The fourth-order valence-corrected chi connectivity index (χ4v) is 4.61. The fourth-order valence-electron chi connectivity index (χ4n) is 3.14. The van der Waals surface area contributed by atoms with Crippen molar-refractivity contribution in [2.24, 2.45) is 5.92 Å². The van der Waals surface area contributed by atoms with Gasteiger partial charge in [-0.25, -0.2) is 8.42 Å². The number of carbonyl (C=O) groups excluding carboxylic acids is 1. The molecule has 3 rings (SSSR count). The van der Waals surface area contributed by atoms with E-state index in [4.69, 9.17) is 4.42 Å². The average Bonchev–Trinajstić information content (AvgIpc) is 3.20. The van der Waals surface area contributed by atoms with E-state index in [1.807, 2.05) is 19.1 Å². The Bertz CT molecular complexity index is 821. The lowest BCUT2D eigenvalue weighted by Gasteiger charge is -2.30. The molecule has 2 heterocycles. The Morgan fingerprint density at radius 1 is 1.19 bits per heavy atom. The minimum atomic E-state index is -3.50. The van der Waals surface area contributed by atoms with Crippen LogP contribution in [0.3, 0.4) is 0 Å². The summed E-state index contributed by atoms with van der Waals surface area (Å²) >= 11 is 0. The summed E-state index contributed by atoms with van der Waals surface area (Å²) in [6.07, 6.45) is 3.49. The van der Waals surface area contributed by atoms with E-state index in [-0.39, 0.29) is 11.8 Å². The minimum absolute atomic E-state index is 0.0502. The Kier molecular flexibility index (Phi) is 5.78. The van der Waals surface area contributed by atoms with Crippen molar-refractivity contribution in [2.75, 3.05) is 13.1 Å². The van der Waals surface area contributed by atoms with E-state index >= 15 is 0 Å².